The number of benzene rings is 2. The smallest absolute Gasteiger partial charge is 0.264 e. The van der Waals surface area contributed by atoms with Crippen LogP contribution < -0.4 is 5.01 Å². The van der Waals surface area contributed by atoms with Crippen LogP contribution in [-0.4, -0.2) is 17.4 Å². The van der Waals surface area contributed by atoms with Gasteiger partial charge in [-0.25, -0.2) is 4.39 Å². The van der Waals surface area contributed by atoms with E-state index in [1.54, 1.807) is 24.3 Å². The van der Waals surface area contributed by atoms with Gasteiger partial charge < -0.3 is 0 Å². The molecule has 0 bridgehead atoms. The number of hydrogen-bond acceptors (Lipinski definition) is 3. The molecule has 1 atom stereocenters. The normalized spacial score (nSPS) is 17.1. The molecule has 2 aromatic rings. The Kier molecular flexibility index (Phi) is 4.51. The van der Waals surface area contributed by atoms with Gasteiger partial charge in [0.1, 0.15) is 11.7 Å². The first-order chi connectivity index (χ1) is 11.6. The largest absolute Gasteiger partial charge is 0.293 e. The molecular formula is C19H17FN2O2. The van der Waals surface area contributed by atoms with E-state index in [0.717, 1.165) is 6.42 Å². The van der Waals surface area contributed by atoms with Crippen molar-refractivity contribution in [3.05, 3.63) is 66.0 Å². The summed E-state index contributed by atoms with van der Waals surface area (Å²) in [7, 11) is 0. The fraction of sp³-hybridized carbons (Fsp3) is 0.211. The Labute approximate surface area is 139 Å². The van der Waals surface area contributed by atoms with Gasteiger partial charge in [0.15, 0.2) is 5.78 Å². The fourth-order valence-electron chi connectivity index (χ4n) is 2.75. The molecule has 0 aromatic heterocycles. The number of Topliss-reactive ketones (excluding diaryl/α,β-unsaturated/α-hetero) is 1. The third-order valence-corrected chi connectivity index (χ3v) is 3.92. The van der Waals surface area contributed by atoms with E-state index in [0.29, 0.717) is 23.4 Å². The molecule has 0 unspecified atom stereocenters. The van der Waals surface area contributed by atoms with Crippen LogP contribution in [0.1, 0.15) is 30.1 Å². The second-order valence-corrected chi connectivity index (χ2v) is 5.63. The third kappa shape index (κ3) is 2.97. The zero-order valence-corrected chi connectivity index (χ0v) is 13.3. The standard InChI is InChI=1S/C19H17FN2O2/c1-2-6-16-17(18(23)13-7-4-3-5-8-13)19(24)22(21-16)15-11-9-14(20)10-12-15/h3-5,7-12,17H,2,6H2,1H3/t17-/m0/s1. The Hall–Kier alpha value is -2.82. The first-order valence-electron chi connectivity index (χ1n) is 7.88. The fourth-order valence-corrected chi connectivity index (χ4v) is 2.75. The van der Waals surface area contributed by atoms with E-state index in [1.807, 2.05) is 13.0 Å². The van der Waals surface area contributed by atoms with Crippen molar-refractivity contribution in [2.75, 3.05) is 5.01 Å². The number of anilines is 1. The SMILES string of the molecule is CCCC1=NN(c2ccc(F)cc2)C(=O)[C@@H]1C(=O)c1ccccc1. The van der Waals surface area contributed by atoms with Crippen molar-refractivity contribution in [1.29, 1.82) is 0 Å². The number of hydrogen-bond donors (Lipinski definition) is 0. The maximum Gasteiger partial charge on any atom is 0.264 e. The highest BCUT2D eigenvalue weighted by Crippen LogP contribution is 2.28. The minimum Gasteiger partial charge on any atom is -0.293 e. The van der Waals surface area contributed by atoms with Crippen LogP contribution in [-0.2, 0) is 4.79 Å². The molecule has 122 valence electrons. The Balaban J connectivity index is 1.95. The summed E-state index contributed by atoms with van der Waals surface area (Å²) in [4.78, 5) is 25.6. The van der Waals surface area contributed by atoms with Gasteiger partial charge in [-0.15, -0.1) is 0 Å². The number of carbonyl (C=O) groups excluding carboxylic acids is 2. The van der Waals surface area contributed by atoms with Crippen molar-refractivity contribution in [3.63, 3.8) is 0 Å². The number of hydrazone groups is 1. The third-order valence-electron chi connectivity index (χ3n) is 3.92. The Morgan fingerprint density at radius 1 is 1.12 bits per heavy atom. The molecule has 1 heterocycles. The lowest BCUT2D eigenvalue weighted by atomic mass is 9.91. The van der Waals surface area contributed by atoms with E-state index in [9.17, 15) is 14.0 Å². The summed E-state index contributed by atoms with van der Waals surface area (Å²) in [6.45, 7) is 1.97. The van der Waals surface area contributed by atoms with Gasteiger partial charge >= 0.3 is 0 Å². The summed E-state index contributed by atoms with van der Waals surface area (Å²) in [6, 6.07) is 14.2. The molecule has 0 spiro atoms. The lowest BCUT2D eigenvalue weighted by molar-refractivity contribution is -0.118. The van der Waals surface area contributed by atoms with Crippen LogP contribution in [0, 0.1) is 11.7 Å². The summed E-state index contributed by atoms with van der Waals surface area (Å²) < 4.78 is 13.1. The number of ketones is 1. The Bertz CT molecular complexity index is 785. The lowest BCUT2D eigenvalue weighted by Gasteiger charge is -2.14. The highest BCUT2D eigenvalue weighted by Gasteiger charge is 2.41. The molecule has 0 fully saturated rings. The van der Waals surface area contributed by atoms with E-state index < -0.39 is 5.92 Å². The first-order valence-corrected chi connectivity index (χ1v) is 7.88. The van der Waals surface area contributed by atoms with Crippen LogP contribution >= 0.6 is 0 Å². The van der Waals surface area contributed by atoms with Crippen molar-refractivity contribution in [2.45, 2.75) is 19.8 Å². The quantitative estimate of drug-likeness (QED) is 0.620. The van der Waals surface area contributed by atoms with Crippen molar-refractivity contribution in [2.24, 2.45) is 11.0 Å². The van der Waals surface area contributed by atoms with Crippen LogP contribution in [0.5, 0.6) is 0 Å². The van der Waals surface area contributed by atoms with E-state index >= 15 is 0 Å². The van der Waals surface area contributed by atoms with Crippen LogP contribution in [0.15, 0.2) is 59.7 Å². The Morgan fingerprint density at radius 3 is 2.42 bits per heavy atom. The van der Waals surface area contributed by atoms with Crippen molar-refractivity contribution in [1.82, 2.24) is 0 Å². The lowest BCUT2D eigenvalue weighted by Crippen LogP contribution is -2.33. The second kappa shape index (κ2) is 6.74. The molecule has 0 saturated heterocycles. The van der Waals surface area contributed by atoms with E-state index in [4.69, 9.17) is 0 Å². The summed E-state index contributed by atoms with van der Waals surface area (Å²) in [5.74, 6) is -1.94. The predicted octanol–water partition coefficient (Wildman–Crippen LogP) is 3.83. The molecule has 1 aliphatic heterocycles. The van der Waals surface area contributed by atoms with Crippen molar-refractivity contribution < 1.29 is 14.0 Å². The van der Waals surface area contributed by atoms with Gasteiger partial charge in [0, 0.05) is 5.56 Å². The Morgan fingerprint density at radius 2 is 1.79 bits per heavy atom. The summed E-state index contributed by atoms with van der Waals surface area (Å²) in [5.41, 5.74) is 1.50. The van der Waals surface area contributed by atoms with Gasteiger partial charge in [0.2, 0.25) is 0 Å². The van der Waals surface area contributed by atoms with Gasteiger partial charge in [-0.2, -0.15) is 10.1 Å². The average Bonchev–Trinajstić information content (AvgIpc) is 2.92. The maximum atomic E-state index is 13.1. The average molecular weight is 324 g/mol. The summed E-state index contributed by atoms with van der Waals surface area (Å²) in [6.07, 6.45) is 1.34. The monoisotopic (exact) mass is 324 g/mol. The summed E-state index contributed by atoms with van der Waals surface area (Å²) >= 11 is 0. The topological polar surface area (TPSA) is 49.7 Å². The maximum absolute atomic E-state index is 13.1. The molecule has 0 saturated carbocycles. The molecule has 1 aliphatic rings. The predicted molar refractivity (Wildman–Crippen MR) is 90.5 cm³/mol. The van der Waals surface area contributed by atoms with E-state index in [1.165, 1.54) is 29.3 Å². The molecule has 4 nitrogen and oxygen atoms in total. The zero-order chi connectivity index (χ0) is 17.1. The van der Waals surface area contributed by atoms with Crippen LogP contribution in [0.4, 0.5) is 10.1 Å². The molecule has 3 rings (SSSR count). The molecular weight excluding hydrogens is 307 g/mol. The molecule has 0 aliphatic carbocycles. The van der Waals surface area contributed by atoms with Crippen LogP contribution in [0.3, 0.4) is 0 Å². The minimum atomic E-state index is -0.905. The molecule has 0 radical (unpaired) electrons. The first kappa shape index (κ1) is 16.1. The number of halogens is 1. The van der Waals surface area contributed by atoms with Gasteiger partial charge in [-0.1, -0.05) is 43.7 Å². The van der Waals surface area contributed by atoms with Crippen LogP contribution in [0.2, 0.25) is 0 Å². The van der Waals surface area contributed by atoms with Gasteiger partial charge in [-0.05, 0) is 30.7 Å². The van der Waals surface area contributed by atoms with Gasteiger partial charge in [-0.3, -0.25) is 9.59 Å². The van der Waals surface area contributed by atoms with Crippen LogP contribution in [0.25, 0.3) is 0 Å². The van der Waals surface area contributed by atoms with Gasteiger partial charge in [0.25, 0.3) is 5.91 Å². The number of carbonyl (C=O) groups is 2. The molecule has 5 heteroatoms. The minimum absolute atomic E-state index is 0.252. The number of amides is 1. The molecule has 0 N–H and O–H groups in total. The van der Waals surface area contributed by atoms with E-state index in [-0.39, 0.29) is 17.5 Å². The molecule has 24 heavy (non-hydrogen) atoms. The number of rotatable bonds is 5. The summed E-state index contributed by atoms with van der Waals surface area (Å²) in [5, 5.41) is 5.55. The van der Waals surface area contributed by atoms with Crippen molar-refractivity contribution in [3.8, 4) is 0 Å². The second-order valence-electron chi connectivity index (χ2n) is 5.63. The number of nitrogens with zero attached hydrogens (tertiary/aromatic N) is 2. The highest BCUT2D eigenvalue weighted by atomic mass is 19.1. The zero-order valence-electron chi connectivity index (χ0n) is 13.3. The highest BCUT2D eigenvalue weighted by molar-refractivity contribution is 6.30. The van der Waals surface area contributed by atoms with E-state index in [2.05, 4.69) is 5.10 Å². The van der Waals surface area contributed by atoms with Crippen molar-refractivity contribution >= 4 is 23.1 Å². The molecule has 2 aromatic carbocycles. The molecule has 1 amide bonds. The van der Waals surface area contributed by atoms with Gasteiger partial charge in [0.05, 0.1) is 11.4 Å².